The number of hydrogen-bond donors (Lipinski definition) is 1. The van der Waals surface area contributed by atoms with Crippen molar-refractivity contribution in [3.05, 3.63) is 51.2 Å². The number of aromatic nitrogens is 3. The van der Waals surface area contributed by atoms with Crippen molar-refractivity contribution >= 4 is 11.9 Å². The summed E-state index contributed by atoms with van der Waals surface area (Å²) in [4.78, 5) is 41.0. The Labute approximate surface area is 158 Å². The molecule has 1 aliphatic heterocycles. The van der Waals surface area contributed by atoms with E-state index < -0.39 is 0 Å². The van der Waals surface area contributed by atoms with Crippen molar-refractivity contribution in [2.45, 2.75) is 38.0 Å². The maximum absolute atomic E-state index is 13.0. The molecule has 1 amide bonds. The quantitative estimate of drug-likeness (QED) is 0.873. The van der Waals surface area contributed by atoms with E-state index in [-0.39, 0.29) is 22.4 Å². The number of carbonyl (C=O) groups excluding carboxylic acids is 1. The summed E-state index contributed by atoms with van der Waals surface area (Å²) >= 11 is 0. The van der Waals surface area contributed by atoms with Crippen LogP contribution in [0.4, 0.5) is 5.95 Å². The predicted octanol–water partition coefficient (Wildman–Crippen LogP) is 1.66. The topological polar surface area (TPSA) is 82.2 Å². The normalized spacial score (nSPS) is 21.4. The van der Waals surface area contributed by atoms with Gasteiger partial charge in [0.25, 0.3) is 11.5 Å². The average Bonchev–Trinajstić information content (AvgIpc) is 2.98. The van der Waals surface area contributed by atoms with Gasteiger partial charge in [0.1, 0.15) is 5.56 Å². The molecular weight excluding hydrogens is 342 g/mol. The first-order valence-corrected chi connectivity index (χ1v) is 9.42. The summed E-state index contributed by atoms with van der Waals surface area (Å²) in [5.74, 6) is 0.513. The molecule has 2 aromatic rings. The van der Waals surface area contributed by atoms with Crippen LogP contribution in [0.5, 0.6) is 0 Å². The number of H-pyrrole nitrogens is 1. The SMILES string of the molecule is Cc1ccc(C(=O)N2CCCC3(CCc4cnc(N(C)C)nc43)C2)c(=O)[nH]1. The van der Waals surface area contributed by atoms with Gasteiger partial charge in [0.05, 0.1) is 5.69 Å². The number of nitrogens with one attached hydrogen (secondary N) is 1. The van der Waals surface area contributed by atoms with Crippen LogP contribution in [0.2, 0.25) is 0 Å². The smallest absolute Gasteiger partial charge is 0.260 e. The maximum Gasteiger partial charge on any atom is 0.260 e. The zero-order chi connectivity index (χ0) is 19.2. The van der Waals surface area contributed by atoms with E-state index >= 15 is 0 Å². The molecule has 1 unspecified atom stereocenters. The van der Waals surface area contributed by atoms with Crippen LogP contribution in [0.25, 0.3) is 0 Å². The number of aryl methyl sites for hydroxylation is 2. The Hall–Kier alpha value is -2.70. The molecule has 1 spiro atoms. The van der Waals surface area contributed by atoms with Crippen molar-refractivity contribution in [3.8, 4) is 0 Å². The van der Waals surface area contributed by atoms with Crippen LogP contribution in [-0.2, 0) is 11.8 Å². The number of piperidine rings is 1. The third-order valence-electron chi connectivity index (χ3n) is 5.78. The van der Waals surface area contributed by atoms with Gasteiger partial charge in [-0.2, -0.15) is 0 Å². The van der Waals surface area contributed by atoms with Crippen molar-refractivity contribution in [2.24, 2.45) is 0 Å². The van der Waals surface area contributed by atoms with Crippen molar-refractivity contribution in [1.29, 1.82) is 0 Å². The van der Waals surface area contributed by atoms with E-state index in [9.17, 15) is 9.59 Å². The second-order valence-electron chi connectivity index (χ2n) is 7.93. The van der Waals surface area contributed by atoms with Gasteiger partial charge in [-0.05, 0) is 50.3 Å². The lowest BCUT2D eigenvalue weighted by Gasteiger charge is -2.40. The number of amides is 1. The summed E-state index contributed by atoms with van der Waals surface area (Å²) in [6, 6.07) is 3.41. The van der Waals surface area contributed by atoms with E-state index in [1.165, 1.54) is 5.56 Å². The van der Waals surface area contributed by atoms with Gasteiger partial charge in [-0.25, -0.2) is 9.97 Å². The molecule has 2 aliphatic rings. The fraction of sp³-hybridized carbons (Fsp3) is 0.500. The van der Waals surface area contributed by atoms with E-state index in [1.807, 2.05) is 37.0 Å². The zero-order valence-corrected chi connectivity index (χ0v) is 16.1. The predicted molar refractivity (Wildman–Crippen MR) is 103 cm³/mol. The number of anilines is 1. The summed E-state index contributed by atoms with van der Waals surface area (Å²) in [5.41, 5.74) is 2.79. The van der Waals surface area contributed by atoms with Gasteiger partial charge in [0.2, 0.25) is 5.95 Å². The lowest BCUT2D eigenvalue weighted by molar-refractivity contribution is 0.0631. The summed E-state index contributed by atoms with van der Waals surface area (Å²) in [7, 11) is 3.87. The van der Waals surface area contributed by atoms with E-state index in [0.717, 1.165) is 37.1 Å². The van der Waals surface area contributed by atoms with Crippen LogP contribution >= 0.6 is 0 Å². The van der Waals surface area contributed by atoms with E-state index in [2.05, 4.69) is 9.97 Å². The molecule has 0 saturated carbocycles. The van der Waals surface area contributed by atoms with Crippen LogP contribution < -0.4 is 10.5 Å². The summed E-state index contributed by atoms with van der Waals surface area (Å²) < 4.78 is 0. The molecule has 27 heavy (non-hydrogen) atoms. The van der Waals surface area contributed by atoms with Gasteiger partial charge in [0.15, 0.2) is 0 Å². The molecule has 4 rings (SSSR count). The summed E-state index contributed by atoms with van der Waals surface area (Å²) in [6.07, 6.45) is 5.77. The monoisotopic (exact) mass is 367 g/mol. The highest BCUT2D eigenvalue weighted by Crippen LogP contribution is 2.44. The van der Waals surface area contributed by atoms with E-state index in [1.54, 1.807) is 12.1 Å². The van der Waals surface area contributed by atoms with Crippen LogP contribution in [0, 0.1) is 6.92 Å². The summed E-state index contributed by atoms with van der Waals surface area (Å²) in [5, 5.41) is 0. The molecule has 2 aromatic heterocycles. The van der Waals surface area contributed by atoms with E-state index in [4.69, 9.17) is 4.98 Å². The molecule has 7 nitrogen and oxygen atoms in total. The first kappa shape index (κ1) is 17.7. The second kappa shape index (κ2) is 6.48. The standard InChI is InChI=1S/C20H25N5O2/c1-13-5-6-15(17(26)22-13)18(27)25-10-4-8-20(12-25)9-7-14-11-21-19(24(2)3)23-16(14)20/h5-6,11H,4,7-10,12H2,1-3H3,(H,22,26). The number of hydrogen-bond acceptors (Lipinski definition) is 5. The lowest BCUT2D eigenvalue weighted by atomic mass is 9.77. The minimum absolute atomic E-state index is 0.131. The maximum atomic E-state index is 13.0. The molecule has 7 heteroatoms. The van der Waals surface area contributed by atoms with Gasteiger partial charge < -0.3 is 14.8 Å². The number of rotatable bonds is 2. The highest BCUT2D eigenvalue weighted by atomic mass is 16.2. The van der Waals surface area contributed by atoms with Crippen LogP contribution in [0.1, 0.15) is 46.6 Å². The Kier molecular flexibility index (Phi) is 4.25. The van der Waals surface area contributed by atoms with Crippen LogP contribution in [0.3, 0.4) is 0 Å². The Morgan fingerprint density at radius 3 is 2.85 bits per heavy atom. The molecule has 1 atom stereocenters. The highest BCUT2D eigenvalue weighted by molar-refractivity contribution is 5.94. The lowest BCUT2D eigenvalue weighted by Crippen LogP contribution is -2.49. The van der Waals surface area contributed by atoms with Crippen molar-refractivity contribution in [3.63, 3.8) is 0 Å². The minimum Gasteiger partial charge on any atom is -0.347 e. The number of aromatic amines is 1. The molecule has 0 bridgehead atoms. The highest BCUT2D eigenvalue weighted by Gasteiger charge is 2.45. The molecule has 3 heterocycles. The van der Waals surface area contributed by atoms with Gasteiger partial charge >= 0.3 is 0 Å². The number of pyridine rings is 1. The first-order chi connectivity index (χ1) is 12.9. The molecule has 0 radical (unpaired) electrons. The van der Waals surface area contributed by atoms with Gasteiger partial charge in [-0.15, -0.1) is 0 Å². The van der Waals surface area contributed by atoms with Gasteiger partial charge in [-0.3, -0.25) is 9.59 Å². The van der Waals surface area contributed by atoms with Crippen molar-refractivity contribution < 1.29 is 4.79 Å². The molecular formula is C20H25N5O2. The van der Waals surface area contributed by atoms with Crippen molar-refractivity contribution in [1.82, 2.24) is 19.9 Å². The van der Waals surface area contributed by atoms with Crippen LogP contribution in [-0.4, -0.2) is 52.9 Å². The van der Waals surface area contributed by atoms with Crippen LogP contribution in [0.15, 0.2) is 23.1 Å². The molecule has 0 aromatic carbocycles. The largest absolute Gasteiger partial charge is 0.347 e. The number of fused-ring (bicyclic) bond motifs is 2. The average molecular weight is 367 g/mol. The molecule has 1 N–H and O–H groups in total. The van der Waals surface area contributed by atoms with Gasteiger partial charge in [-0.1, -0.05) is 0 Å². The number of carbonyl (C=O) groups is 1. The Morgan fingerprint density at radius 1 is 1.30 bits per heavy atom. The number of nitrogens with zero attached hydrogens (tertiary/aromatic N) is 4. The Bertz CT molecular complexity index is 948. The Balaban J connectivity index is 1.65. The molecule has 1 aliphatic carbocycles. The molecule has 1 saturated heterocycles. The summed E-state index contributed by atoms with van der Waals surface area (Å²) in [6.45, 7) is 3.09. The second-order valence-corrected chi connectivity index (χ2v) is 7.93. The molecule has 142 valence electrons. The minimum atomic E-state index is -0.316. The van der Waals surface area contributed by atoms with Crippen molar-refractivity contribution in [2.75, 3.05) is 32.1 Å². The van der Waals surface area contributed by atoms with Gasteiger partial charge in [0, 0.05) is 44.5 Å². The zero-order valence-electron chi connectivity index (χ0n) is 16.1. The fourth-order valence-corrected chi connectivity index (χ4v) is 4.36. The Morgan fingerprint density at radius 2 is 2.11 bits per heavy atom. The third kappa shape index (κ3) is 3.01. The fourth-order valence-electron chi connectivity index (χ4n) is 4.36. The number of likely N-dealkylation sites (tertiary alicyclic amines) is 1. The third-order valence-corrected chi connectivity index (χ3v) is 5.78. The van der Waals surface area contributed by atoms with E-state index in [0.29, 0.717) is 19.0 Å². The first-order valence-electron chi connectivity index (χ1n) is 9.42. The molecule has 1 fully saturated rings.